The van der Waals surface area contributed by atoms with Crippen LogP contribution >= 0.6 is 11.3 Å². The Hall–Kier alpha value is -1.56. The van der Waals surface area contributed by atoms with E-state index in [4.69, 9.17) is 4.74 Å². The second kappa shape index (κ2) is 7.81. The number of carbonyl (C=O) groups excluding carboxylic acids is 1. The van der Waals surface area contributed by atoms with Crippen LogP contribution in [0.2, 0.25) is 0 Å². The van der Waals surface area contributed by atoms with Crippen molar-refractivity contribution in [1.82, 2.24) is 5.32 Å². The number of carboxylic acids is 1. The Kier molecular flexibility index (Phi) is 6.62. The van der Waals surface area contributed by atoms with Gasteiger partial charge in [0.05, 0.1) is 5.41 Å². The monoisotopic (exact) mass is 341 g/mol. The zero-order valence-electron chi connectivity index (χ0n) is 14.6. The number of hydrogen-bond donors (Lipinski definition) is 2. The van der Waals surface area contributed by atoms with Gasteiger partial charge in [-0.1, -0.05) is 13.8 Å². The van der Waals surface area contributed by atoms with Gasteiger partial charge in [0, 0.05) is 16.3 Å². The first-order chi connectivity index (χ1) is 10.6. The normalized spacial score (nSPS) is 14.1. The highest BCUT2D eigenvalue weighted by Crippen LogP contribution is 2.30. The summed E-state index contributed by atoms with van der Waals surface area (Å²) in [5.74, 6) is -0.900. The highest BCUT2D eigenvalue weighted by molar-refractivity contribution is 7.12. The lowest BCUT2D eigenvalue weighted by atomic mass is 9.81. The van der Waals surface area contributed by atoms with Crippen molar-refractivity contribution < 1.29 is 19.4 Å². The third kappa shape index (κ3) is 5.86. The third-order valence-corrected chi connectivity index (χ3v) is 4.91. The molecular weight excluding hydrogens is 314 g/mol. The zero-order chi connectivity index (χ0) is 17.7. The van der Waals surface area contributed by atoms with Crippen molar-refractivity contribution in [3.8, 4) is 0 Å². The molecule has 1 aromatic heterocycles. The molecule has 0 aromatic carbocycles. The standard InChI is InChI=1S/C17H27NO4S/c1-6-12-8-9-13(23-12)10-17(7-2,14(19)20)11-18-15(21)22-16(3,4)5/h8-9H,6-7,10-11H2,1-5H3,(H,18,21)(H,19,20). The Morgan fingerprint density at radius 1 is 1.22 bits per heavy atom. The summed E-state index contributed by atoms with van der Waals surface area (Å²) in [4.78, 5) is 25.9. The van der Waals surface area contributed by atoms with Gasteiger partial charge in [-0.15, -0.1) is 11.3 Å². The van der Waals surface area contributed by atoms with E-state index in [2.05, 4.69) is 12.2 Å². The number of alkyl carbamates (subject to hydrolysis) is 1. The Morgan fingerprint density at radius 2 is 1.83 bits per heavy atom. The van der Waals surface area contributed by atoms with Crippen molar-refractivity contribution in [3.05, 3.63) is 21.9 Å². The van der Waals surface area contributed by atoms with Crippen molar-refractivity contribution in [3.63, 3.8) is 0 Å². The van der Waals surface area contributed by atoms with E-state index in [9.17, 15) is 14.7 Å². The number of rotatable bonds is 7. The molecule has 0 saturated carbocycles. The first kappa shape index (κ1) is 19.5. The molecule has 130 valence electrons. The van der Waals surface area contributed by atoms with Crippen molar-refractivity contribution in [2.24, 2.45) is 5.41 Å². The summed E-state index contributed by atoms with van der Waals surface area (Å²) in [7, 11) is 0. The van der Waals surface area contributed by atoms with Gasteiger partial charge in [-0.05, 0) is 52.2 Å². The molecule has 0 aliphatic heterocycles. The molecule has 6 heteroatoms. The molecule has 0 bridgehead atoms. The van der Waals surface area contributed by atoms with Gasteiger partial charge in [-0.3, -0.25) is 4.79 Å². The van der Waals surface area contributed by atoms with Gasteiger partial charge in [0.15, 0.2) is 0 Å². The van der Waals surface area contributed by atoms with Crippen LogP contribution in [0, 0.1) is 5.41 Å². The molecule has 1 atom stereocenters. The molecule has 0 fully saturated rings. The van der Waals surface area contributed by atoms with Crippen molar-refractivity contribution in [1.29, 1.82) is 0 Å². The number of aliphatic carboxylic acids is 1. The number of ether oxygens (including phenoxy) is 1. The summed E-state index contributed by atoms with van der Waals surface area (Å²) in [5, 5.41) is 12.3. The fourth-order valence-electron chi connectivity index (χ4n) is 2.21. The van der Waals surface area contributed by atoms with Crippen molar-refractivity contribution >= 4 is 23.4 Å². The molecule has 1 rings (SSSR count). The van der Waals surface area contributed by atoms with E-state index in [0.29, 0.717) is 12.8 Å². The van der Waals surface area contributed by atoms with Gasteiger partial charge in [-0.2, -0.15) is 0 Å². The van der Waals surface area contributed by atoms with E-state index in [0.717, 1.165) is 11.3 Å². The summed E-state index contributed by atoms with van der Waals surface area (Å²) < 4.78 is 5.19. The first-order valence-electron chi connectivity index (χ1n) is 7.89. The lowest BCUT2D eigenvalue weighted by Gasteiger charge is -2.29. The number of thiophene rings is 1. The molecule has 0 aliphatic rings. The quantitative estimate of drug-likeness (QED) is 0.789. The number of amides is 1. The maximum Gasteiger partial charge on any atom is 0.407 e. The van der Waals surface area contributed by atoms with Crippen LogP contribution in [0.5, 0.6) is 0 Å². The van der Waals surface area contributed by atoms with Crippen LogP contribution in [-0.2, 0) is 22.4 Å². The van der Waals surface area contributed by atoms with E-state index < -0.39 is 23.1 Å². The van der Waals surface area contributed by atoms with E-state index in [1.807, 2.05) is 19.1 Å². The fourth-order valence-corrected chi connectivity index (χ4v) is 3.31. The minimum absolute atomic E-state index is 0.0487. The van der Waals surface area contributed by atoms with Crippen LogP contribution < -0.4 is 5.32 Å². The van der Waals surface area contributed by atoms with E-state index >= 15 is 0 Å². The SMILES string of the molecule is CCc1ccc(CC(CC)(CNC(=O)OC(C)(C)C)C(=O)O)s1. The smallest absolute Gasteiger partial charge is 0.407 e. The third-order valence-electron chi connectivity index (χ3n) is 3.68. The van der Waals surface area contributed by atoms with Gasteiger partial charge < -0.3 is 15.2 Å². The molecule has 1 aromatic rings. The second-order valence-corrected chi connectivity index (χ2v) is 7.95. The molecule has 0 saturated heterocycles. The fraction of sp³-hybridized carbons (Fsp3) is 0.647. The Labute approximate surface area is 142 Å². The molecule has 1 amide bonds. The van der Waals surface area contributed by atoms with Crippen LogP contribution in [0.15, 0.2) is 12.1 Å². The molecule has 1 unspecified atom stereocenters. The number of aryl methyl sites for hydroxylation is 1. The van der Waals surface area contributed by atoms with Gasteiger partial charge in [0.2, 0.25) is 0 Å². The van der Waals surface area contributed by atoms with Gasteiger partial charge in [0.25, 0.3) is 0 Å². The van der Waals surface area contributed by atoms with Gasteiger partial charge >= 0.3 is 12.1 Å². The number of carboxylic acid groups (broad SMARTS) is 1. The van der Waals surface area contributed by atoms with Crippen LogP contribution in [0.4, 0.5) is 4.79 Å². The average molecular weight is 341 g/mol. The van der Waals surface area contributed by atoms with Crippen molar-refractivity contribution in [2.45, 2.75) is 59.5 Å². The summed E-state index contributed by atoms with van der Waals surface area (Å²) in [6, 6.07) is 4.01. The first-order valence-corrected chi connectivity index (χ1v) is 8.71. The van der Waals surface area contributed by atoms with Gasteiger partial charge in [-0.25, -0.2) is 4.79 Å². The molecule has 0 radical (unpaired) electrons. The average Bonchev–Trinajstić information content (AvgIpc) is 2.88. The zero-order valence-corrected chi connectivity index (χ0v) is 15.4. The highest BCUT2D eigenvalue weighted by Gasteiger charge is 2.38. The molecule has 0 aliphatic carbocycles. The lowest BCUT2D eigenvalue weighted by Crippen LogP contribution is -2.45. The Balaban J connectivity index is 2.82. The minimum Gasteiger partial charge on any atom is -0.481 e. The maximum absolute atomic E-state index is 11.8. The lowest BCUT2D eigenvalue weighted by molar-refractivity contribution is -0.148. The predicted molar refractivity (Wildman–Crippen MR) is 92.0 cm³/mol. The van der Waals surface area contributed by atoms with E-state index in [-0.39, 0.29) is 6.54 Å². The van der Waals surface area contributed by atoms with Gasteiger partial charge in [0.1, 0.15) is 5.60 Å². The second-order valence-electron chi connectivity index (χ2n) is 6.69. The maximum atomic E-state index is 11.8. The number of carbonyl (C=O) groups is 2. The molecule has 2 N–H and O–H groups in total. The number of hydrogen-bond acceptors (Lipinski definition) is 4. The molecule has 5 nitrogen and oxygen atoms in total. The Bertz CT molecular complexity index is 547. The molecule has 0 spiro atoms. The summed E-state index contributed by atoms with van der Waals surface area (Å²) >= 11 is 1.63. The van der Waals surface area contributed by atoms with E-state index in [1.165, 1.54) is 4.88 Å². The van der Waals surface area contributed by atoms with Crippen LogP contribution in [0.1, 0.15) is 50.8 Å². The van der Waals surface area contributed by atoms with Crippen LogP contribution in [0.25, 0.3) is 0 Å². The summed E-state index contributed by atoms with van der Waals surface area (Å²) in [6.07, 6.45) is 1.18. The van der Waals surface area contributed by atoms with E-state index in [1.54, 1.807) is 32.1 Å². The highest BCUT2D eigenvalue weighted by atomic mass is 32.1. The summed E-state index contributed by atoms with van der Waals surface area (Å²) in [5.41, 5.74) is -1.63. The Morgan fingerprint density at radius 3 is 2.26 bits per heavy atom. The number of nitrogens with one attached hydrogen (secondary N) is 1. The summed E-state index contributed by atoms with van der Waals surface area (Å²) in [6.45, 7) is 9.27. The van der Waals surface area contributed by atoms with Crippen LogP contribution in [0.3, 0.4) is 0 Å². The predicted octanol–water partition coefficient (Wildman–Crippen LogP) is 3.86. The largest absolute Gasteiger partial charge is 0.481 e. The molecule has 1 heterocycles. The van der Waals surface area contributed by atoms with Crippen LogP contribution in [-0.4, -0.2) is 29.3 Å². The molecule has 23 heavy (non-hydrogen) atoms. The molecular formula is C17H27NO4S. The minimum atomic E-state index is -1.02. The van der Waals surface area contributed by atoms with Crippen molar-refractivity contribution in [2.75, 3.05) is 6.54 Å². The topological polar surface area (TPSA) is 75.6 Å².